The molecule has 0 radical (unpaired) electrons. The van der Waals surface area contributed by atoms with E-state index in [2.05, 4.69) is 0 Å². The second-order valence-corrected chi connectivity index (χ2v) is 7.38. The molecular formula is C21H20ClNO5. The van der Waals surface area contributed by atoms with Gasteiger partial charge in [0.15, 0.2) is 11.2 Å². The van der Waals surface area contributed by atoms with Crippen LogP contribution in [0, 0.1) is 6.92 Å². The molecule has 1 aliphatic heterocycles. The Balaban J connectivity index is 1.68. The van der Waals surface area contributed by atoms with Crippen LogP contribution in [0.25, 0.3) is 11.0 Å². The molecule has 3 aromatic rings. The van der Waals surface area contributed by atoms with Crippen molar-refractivity contribution in [2.24, 2.45) is 0 Å². The van der Waals surface area contributed by atoms with Gasteiger partial charge in [-0.1, -0.05) is 11.6 Å². The van der Waals surface area contributed by atoms with Crippen LogP contribution in [0.2, 0.25) is 5.02 Å². The van der Waals surface area contributed by atoms with Gasteiger partial charge < -0.3 is 18.5 Å². The third-order valence-electron chi connectivity index (χ3n) is 4.88. The highest BCUT2D eigenvalue weighted by Crippen LogP contribution is 2.23. The van der Waals surface area contributed by atoms with E-state index in [-0.39, 0.29) is 29.7 Å². The van der Waals surface area contributed by atoms with Crippen LogP contribution in [0.4, 0.5) is 0 Å². The number of hydrogen-bond donors (Lipinski definition) is 0. The van der Waals surface area contributed by atoms with Crippen LogP contribution in [-0.2, 0) is 11.3 Å². The molecule has 1 atom stereocenters. The van der Waals surface area contributed by atoms with Gasteiger partial charge in [0.05, 0.1) is 24.3 Å². The Labute approximate surface area is 166 Å². The summed E-state index contributed by atoms with van der Waals surface area (Å²) < 4.78 is 16.9. The topological polar surface area (TPSA) is 72.9 Å². The first-order chi connectivity index (χ1) is 13.5. The number of carbonyl (C=O) groups excluding carboxylic acids is 1. The third kappa shape index (κ3) is 3.84. The fourth-order valence-electron chi connectivity index (χ4n) is 3.38. The summed E-state index contributed by atoms with van der Waals surface area (Å²) in [6.45, 7) is 3.18. The van der Waals surface area contributed by atoms with Crippen LogP contribution in [0.5, 0.6) is 0 Å². The summed E-state index contributed by atoms with van der Waals surface area (Å²) in [5, 5.41) is 0.834. The van der Waals surface area contributed by atoms with Gasteiger partial charge in [-0.3, -0.25) is 9.59 Å². The van der Waals surface area contributed by atoms with Crippen LogP contribution >= 0.6 is 11.6 Å². The minimum atomic E-state index is -0.376. The van der Waals surface area contributed by atoms with E-state index < -0.39 is 0 Å². The van der Waals surface area contributed by atoms with Crippen LogP contribution < -0.4 is 5.43 Å². The maximum absolute atomic E-state index is 13.2. The molecule has 1 aromatic carbocycles. The number of carbonyl (C=O) groups is 1. The zero-order valence-electron chi connectivity index (χ0n) is 15.4. The Morgan fingerprint density at radius 2 is 2.18 bits per heavy atom. The van der Waals surface area contributed by atoms with Crippen molar-refractivity contribution in [3.05, 3.63) is 68.9 Å². The van der Waals surface area contributed by atoms with E-state index in [9.17, 15) is 9.59 Å². The molecule has 0 bridgehead atoms. The van der Waals surface area contributed by atoms with Gasteiger partial charge in [0, 0.05) is 24.2 Å². The molecule has 0 N–H and O–H groups in total. The predicted molar refractivity (Wildman–Crippen MR) is 105 cm³/mol. The molecule has 4 rings (SSSR count). The van der Waals surface area contributed by atoms with Crippen LogP contribution in [0.1, 0.15) is 34.7 Å². The summed E-state index contributed by atoms with van der Waals surface area (Å²) in [7, 11) is 0. The molecule has 0 aliphatic carbocycles. The molecule has 1 aliphatic rings. The molecule has 0 spiro atoms. The standard InChI is InChI=1S/C21H20ClNO5/c1-13-8-19-16(9-17(13)22)18(24)10-20(28-19)21(25)23(11-14-4-2-6-26-14)12-15-5-3-7-27-15/h2,4,6,8-10,15H,3,5,7,11-12H2,1H3/t15-/m1/s1. The van der Waals surface area contributed by atoms with E-state index >= 15 is 0 Å². The van der Waals surface area contributed by atoms with Crippen molar-refractivity contribution in [1.29, 1.82) is 0 Å². The lowest BCUT2D eigenvalue weighted by Crippen LogP contribution is -2.37. The highest BCUT2D eigenvalue weighted by molar-refractivity contribution is 6.32. The normalized spacial score (nSPS) is 16.6. The van der Waals surface area contributed by atoms with Gasteiger partial charge in [-0.15, -0.1) is 0 Å². The average molecular weight is 402 g/mol. The van der Waals surface area contributed by atoms with Crippen molar-refractivity contribution in [1.82, 2.24) is 4.90 Å². The molecule has 1 fully saturated rings. The number of nitrogens with zero attached hydrogens (tertiary/aromatic N) is 1. The van der Waals surface area contributed by atoms with Gasteiger partial charge in [-0.25, -0.2) is 0 Å². The Bertz CT molecular complexity index is 1050. The number of benzene rings is 1. The van der Waals surface area contributed by atoms with Gasteiger partial charge in [0.1, 0.15) is 11.3 Å². The third-order valence-corrected chi connectivity index (χ3v) is 5.29. The van der Waals surface area contributed by atoms with Gasteiger partial charge in [0.25, 0.3) is 5.91 Å². The highest BCUT2D eigenvalue weighted by atomic mass is 35.5. The van der Waals surface area contributed by atoms with Crippen molar-refractivity contribution in [2.45, 2.75) is 32.4 Å². The summed E-state index contributed by atoms with van der Waals surface area (Å²) in [6.07, 6.45) is 3.39. The number of aryl methyl sites for hydroxylation is 1. The summed E-state index contributed by atoms with van der Waals surface area (Å²) >= 11 is 6.11. The Morgan fingerprint density at radius 3 is 2.89 bits per heavy atom. The fraction of sp³-hybridized carbons (Fsp3) is 0.333. The zero-order valence-corrected chi connectivity index (χ0v) is 16.2. The van der Waals surface area contributed by atoms with Crippen molar-refractivity contribution in [3.8, 4) is 0 Å². The van der Waals surface area contributed by atoms with E-state index in [0.717, 1.165) is 18.4 Å². The number of ether oxygens (including phenoxy) is 1. The minimum Gasteiger partial charge on any atom is -0.467 e. The summed E-state index contributed by atoms with van der Waals surface area (Å²) in [4.78, 5) is 27.3. The van der Waals surface area contributed by atoms with E-state index in [4.69, 9.17) is 25.2 Å². The van der Waals surface area contributed by atoms with Crippen molar-refractivity contribution in [2.75, 3.05) is 13.2 Å². The SMILES string of the molecule is Cc1cc2oc(C(=O)N(Cc3ccco3)C[C@H]3CCCO3)cc(=O)c2cc1Cl. The average Bonchev–Trinajstić information content (AvgIpc) is 3.36. The van der Waals surface area contributed by atoms with Crippen LogP contribution in [0.15, 0.2) is 50.2 Å². The quantitative estimate of drug-likeness (QED) is 0.641. The molecular weight excluding hydrogens is 382 g/mol. The first-order valence-electron chi connectivity index (χ1n) is 9.18. The van der Waals surface area contributed by atoms with E-state index in [1.807, 2.05) is 6.92 Å². The Hall–Kier alpha value is -2.57. The lowest BCUT2D eigenvalue weighted by Gasteiger charge is -2.24. The molecule has 0 saturated carbocycles. The summed E-state index contributed by atoms with van der Waals surface area (Å²) in [5.74, 6) is 0.263. The Morgan fingerprint density at radius 1 is 1.32 bits per heavy atom. The number of rotatable bonds is 5. The number of furan rings is 1. The van der Waals surface area contributed by atoms with Gasteiger partial charge >= 0.3 is 0 Å². The fourth-order valence-corrected chi connectivity index (χ4v) is 3.55. The molecule has 1 amide bonds. The summed E-state index contributed by atoms with van der Waals surface area (Å²) in [5.41, 5.74) is 0.808. The van der Waals surface area contributed by atoms with Crippen LogP contribution in [0.3, 0.4) is 0 Å². The van der Waals surface area contributed by atoms with E-state index in [1.54, 1.807) is 35.4 Å². The minimum absolute atomic E-state index is 0.0104. The van der Waals surface area contributed by atoms with Gasteiger partial charge in [-0.2, -0.15) is 0 Å². The molecule has 7 heteroatoms. The largest absolute Gasteiger partial charge is 0.467 e. The summed E-state index contributed by atoms with van der Waals surface area (Å²) in [6, 6.07) is 8.04. The molecule has 146 valence electrons. The maximum atomic E-state index is 13.2. The molecule has 3 heterocycles. The van der Waals surface area contributed by atoms with Crippen molar-refractivity contribution >= 4 is 28.5 Å². The van der Waals surface area contributed by atoms with Crippen molar-refractivity contribution < 1.29 is 18.4 Å². The first-order valence-corrected chi connectivity index (χ1v) is 9.56. The zero-order chi connectivity index (χ0) is 19.7. The monoisotopic (exact) mass is 401 g/mol. The lowest BCUT2D eigenvalue weighted by molar-refractivity contribution is 0.0469. The molecule has 2 aromatic heterocycles. The Kier molecular flexibility index (Phi) is 5.24. The molecule has 1 saturated heterocycles. The van der Waals surface area contributed by atoms with Crippen molar-refractivity contribution in [3.63, 3.8) is 0 Å². The van der Waals surface area contributed by atoms with Crippen LogP contribution in [-0.4, -0.2) is 30.1 Å². The number of fused-ring (bicyclic) bond motifs is 1. The second-order valence-electron chi connectivity index (χ2n) is 6.97. The predicted octanol–water partition coefficient (Wildman–Crippen LogP) is 4.17. The maximum Gasteiger partial charge on any atom is 0.290 e. The number of hydrogen-bond acceptors (Lipinski definition) is 5. The first kappa shape index (κ1) is 18.8. The van der Waals surface area contributed by atoms with Gasteiger partial charge in [0.2, 0.25) is 0 Å². The van der Waals surface area contributed by atoms with E-state index in [0.29, 0.717) is 34.9 Å². The molecule has 28 heavy (non-hydrogen) atoms. The van der Waals surface area contributed by atoms with E-state index in [1.165, 1.54) is 6.07 Å². The second kappa shape index (κ2) is 7.81. The highest BCUT2D eigenvalue weighted by Gasteiger charge is 2.26. The molecule has 6 nitrogen and oxygen atoms in total. The number of amides is 1. The molecule has 0 unspecified atom stereocenters. The van der Waals surface area contributed by atoms with Gasteiger partial charge in [-0.05, 0) is 49.6 Å². The smallest absolute Gasteiger partial charge is 0.290 e. The lowest BCUT2D eigenvalue weighted by atomic mass is 10.1. The number of halogens is 1.